The third-order valence-corrected chi connectivity index (χ3v) is 5.24. The Hall–Kier alpha value is -2.64. The molecule has 0 spiro atoms. The Morgan fingerprint density at radius 3 is 2.62 bits per heavy atom. The van der Waals surface area contributed by atoms with E-state index >= 15 is 0 Å². The van der Waals surface area contributed by atoms with Crippen molar-refractivity contribution in [1.82, 2.24) is 4.90 Å². The van der Waals surface area contributed by atoms with Gasteiger partial charge in [0.15, 0.2) is 0 Å². The standard InChI is InChI=1S/C21H23ClFN3O3/c22-18-11-16(23)4-5-19(18)25-20(28)12-24-17-3-1-2-15(10-17)21(29)26-8-6-14(13-27)7-9-26/h1-5,10-11,14,24,27H,6-9,12-13H2,(H,25,28). The summed E-state index contributed by atoms with van der Waals surface area (Å²) >= 11 is 5.91. The Morgan fingerprint density at radius 2 is 1.93 bits per heavy atom. The van der Waals surface area contributed by atoms with Crippen LogP contribution < -0.4 is 10.6 Å². The Balaban J connectivity index is 1.55. The number of aliphatic hydroxyl groups is 1. The number of amides is 2. The molecule has 0 aromatic heterocycles. The fourth-order valence-electron chi connectivity index (χ4n) is 3.23. The summed E-state index contributed by atoms with van der Waals surface area (Å²) in [6.07, 6.45) is 1.60. The van der Waals surface area contributed by atoms with E-state index in [-0.39, 0.29) is 35.9 Å². The second-order valence-corrected chi connectivity index (χ2v) is 7.43. The van der Waals surface area contributed by atoms with Crippen LogP contribution in [0.2, 0.25) is 5.02 Å². The molecule has 0 unspecified atom stereocenters. The van der Waals surface area contributed by atoms with Gasteiger partial charge in [-0.05, 0) is 55.2 Å². The van der Waals surface area contributed by atoms with Crippen LogP contribution >= 0.6 is 11.6 Å². The van der Waals surface area contributed by atoms with Crippen LogP contribution in [0.4, 0.5) is 15.8 Å². The first-order valence-corrected chi connectivity index (χ1v) is 9.83. The quantitative estimate of drug-likeness (QED) is 0.670. The first-order chi connectivity index (χ1) is 14.0. The van der Waals surface area contributed by atoms with Crippen molar-refractivity contribution >= 4 is 34.8 Å². The number of aliphatic hydroxyl groups excluding tert-OH is 1. The molecule has 1 aliphatic heterocycles. The fourth-order valence-corrected chi connectivity index (χ4v) is 3.45. The number of carbonyl (C=O) groups is 2. The maximum absolute atomic E-state index is 13.1. The Morgan fingerprint density at radius 1 is 1.17 bits per heavy atom. The minimum Gasteiger partial charge on any atom is -0.396 e. The van der Waals surface area contributed by atoms with Gasteiger partial charge >= 0.3 is 0 Å². The monoisotopic (exact) mass is 419 g/mol. The molecular weight excluding hydrogens is 397 g/mol. The molecule has 6 nitrogen and oxygen atoms in total. The van der Waals surface area contributed by atoms with E-state index in [2.05, 4.69) is 10.6 Å². The highest BCUT2D eigenvalue weighted by Crippen LogP contribution is 2.22. The van der Waals surface area contributed by atoms with Gasteiger partial charge in [0.2, 0.25) is 5.91 Å². The normalized spacial score (nSPS) is 14.5. The number of benzene rings is 2. The SMILES string of the molecule is O=C(CNc1cccc(C(=O)N2CCC(CO)CC2)c1)Nc1ccc(F)cc1Cl. The van der Waals surface area contributed by atoms with Gasteiger partial charge in [-0.3, -0.25) is 9.59 Å². The minimum absolute atomic E-state index is 0.0345. The smallest absolute Gasteiger partial charge is 0.253 e. The fraction of sp³-hybridized carbons (Fsp3) is 0.333. The molecule has 1 saturated heterocycles. The van der Waals surface area contributed by atoms with Crippen LogP contribution in [0.25, 0.3) is 0 Å². The first kappa shape index (κ1) is 21.1. The summed E-state index contributed by atoms with van der Waals surface area (Å²) < 4.78 is 13.1. The number of rotatable bonds is 6. The number of nitrogens with zero attached hydrogens (tertiary/aromatic N) is 1. The third kappa shape index (κ3) is 5.68. The number of likely N-dealkylation sites (tertiary alicyclic amines) is 1. The maximum Gasteiger partial charge on any atom is 0.253 e. The van der Waals surface area contributed by atoms with Crippen molar-refractivity contribution in [2.24, 2.45) is 5.92 Å². The molecule has 3 rings (SSSR count). The zero-order chi connectivity index (χ0) is 20.8. The van der Waals surface area contributed by atoms with Crippen molar-refractivity contribution in [2.75, 3.05) is 36.9 Å². The van der Waals surface area contributed by atoms with Gasteiger partial charge in [0, 0.05) is 30.9 Å². The second kappa shape index (κ2) is 9.71. The molecule has 29 heavy (non-hydrogen) atoms. The first-order valence-electron chi connectivity index (χ1n) is 9.45. The van der Waals surface area contributed by atoms with Gasteiger partial charge in [0.1, 0.15) is 5.82 Å². The molecule has 0 bridgehead atoms. The second-order valence-electron chi connectivity index (χ2n) is 7.02. The lowest BCUT2D eigenvalue weighted by molar-refractivity contribution is -0.114. The predicted molar refractivity (Wildman–Crippen MR) is 111 cm³/mol. The van der Waals surface area contributed by atoms with E-state index < -0.39 is 5.82 Å². The molecule has 1 fully saturated rings. The van der Waals surface area contributed by atoms with Crippen LogP contribution in [-0.2, 0) is 4.79 Å². The zero-order valence-corrected chi connectivity index (χ0v) is 16.6. The summed E-state index contributed by atoms with van der Waals surface area (Å²) in [5.74, 6) is -0.623. The molecular formula is C21H23ClFN3O3. The van der Waals surface area contributed by atoms with E-state index in [0.29, 0.717) is 30.0 Å². The highest BCUT2D eigenvalue weighted by Gasteiger charge is 2.23. The number of hydrogen-bond acceptors (Lipinski definition) is 4. The number of anilines is 2. The predicted octanol–water partition coefficient (Wildman–Crippen LogP) is 3.37. The molecule has 2 aromatic rings. The molecule has 3 N–H and O–H groups in total. The van der Waals surface area contributed by atoms with Gasteiger partial charge in [-0.15, -0.1) is 0 Å². The molecule has 0 saturated carbocycles. The van der Waals surface area contributed by atoms with Gasteiger partial charge in [-0.1, -0.05) is 17.7 Å². The van der Waals surface area contributed by atoms with Crippen LogP contribution in [0.3, 0.4) is 0 Å². The summed E-state index contributed by atoms with van der Waals surface area (Å²) in [6, 6.07) is 10.7. The van der Waals surface area contributed by atoms with Gasteiger partial charge in [0.25, 0.3) is 5.91 Å². The van der Waals surface area contributed by atoms with Crippen LogP contribution in [0.5, 0.6) is 0 Å². The summed E-state index contributed by atoms with van der Waals surface area (Å²) in [7, 11) is 0. The van der Waals surface area contributed by atoms with Crippen molar-refractivity contribution in [3.05, 3.63) is 58.9 Å². The van der Waals surface area contributed by atoms with Crippen LogP contribution in [0.15, 0.2) is 42.5 Å². The largest absolute Gasteiger partial charge is 0.396 e. The number of halogens is 2. The average Bonchev–Trinajstić information content (AvgIpc) is 2.74. The summed E-state index contributed by atoms with van der Waals surface area (Å²) in [5.41, 5.74) is 1.51. The van der Waals surface area contributed by atoms with E-state index in [0.717, 1.165) is 18.9 Å². The molecule has 1 heterocycles. The van der Waals surface area contributed by atoms with E-state index in [1.807, 2.05) is 0 Å². The average molecular weight is 420 g/mol. The summed E-state index contributed by atoms with van der Waals surface area (Å²) in [5, 5.41) is 14.9. The minimum atomic E-state index is -0.479. The number of hydrogen-bond donors (Lipinski definition) is 3. The third-order valence-electron chi connectivity index (χ3n) is 4.93. The molecule has 2 amide bonds. The zero-order valence-electron chi connectivity index (χ0n) is 15.8. The lowest BCUT2D eigenvalue weighted by Crippen LogP contribution is -2.39. The maximum atomic E-state index is 13.1. The topological polar surface area (TPSA) is 81.7 Å². The van der Waals surface area contributed by atoms with Crippen molar-refractivity contribution in [3.63, 3.8) is 0 Å². The molecule has 1 aliphatic rings. The van der Waals surface area contributed by atoms with E-state index in [1.54, 1.807) is 29.2 Å². The summed E-state index contributed by atoms with van der Waals surface area (Å²) in [4.78, 5) is 26.6. The van der Waals surface area contributed by atoms with Gasteiger partial charge in [0.05, 0.1) is 17.3 Å². The molecule has 8 heteroatoms. The van der Waals surface area contributed by atoms with E-state index in [1.165, 1.54) is 12.1 Å². The van der Waals surface area contributed by atoms with Crippen molar-refractivity contribution in [3.8, 4) is 0 Å². The lowest BCUT2D eigenvalue weighted by Gasteiger charge is -2.31. The summed E-state index contributed by atoms with van der Waals surface area (Å²) in [6.45, 7) is 1.38. The Kier molecular flexibility index (Phi) is 7.06. The molecule has 0 atom stereocenters. The highest BCUT2D eigenvalue weighted by atomic mass is 35.5. The Labute approximate surface area is 173 Å². The van der Waals surface area contributed by atoms with Crippen LogP contribution in [0.1, 0.15) is 23.2 Å². The van der Waals surface area contributed by atoms with Gasteiger partial charge in [-0.2, -0.15) is 0 Å². The number of carbonyl (C=O) groups excluding carboxylic acids is 2. The number of nitrogens with one attached hydrogen (secondary N) is 2. The van der Waals surface area contributed by atoms with Crippen LogP contribution in [0, 0.1) is 11.7 Å². The molecule has 0 aliphatic carbocycles. The van der Waals surface area contributed by atoms with E-state index in [4.69, 9.17) is 11.6 Å². The van der Waals surface area contributed by atoms with Gasteiger partial charge in [-0.25, -0.2) is 4.39 Å². The van der Waals surface area contributed by atoms with Gasteiger partial charge < -0.3 is 20.6 Å². The molecule has 154 valence electrons. The van der Waals surface area contributed by atoms with E-state index in [9.17, 15) is 19.1 Å². The molecule has 2 aromatic carbocycles. The van der Waals surface area contributed by atoms with Crippen molar-refractivity contribution < 1.29 is 19.1 Å². The Bertz CT molecular complexity index is 885. The number of piperidine rings is 1. The van der Waals surface area contributed by atoms with Crippen molar-refractivity contribution in [2.45, 2.75) is 12.8 Å². The van der Waals surface area contributed by atoms with Crippen molar-refractivity contribution in [1.29, 1.82) is 0 Å². The highest BCUT2D eigenvalue weighted by molar-refractivity contribution is 6.33. The lowest BCUT2D eigenvalue weighted by atomic mass is 9.97. The molecule has 0 radical (unpaired) electrons. The van der Waals surface area contributed by atoms with Crippen LogP contribution in [-0.4, -0.2) is 48.1 Å².